The average molecular weight is 458 g/mol. The van der Waals surface area contributed by atoms with Crippen molar-refractivity contribution in [2.45, 2.75) is 19.5 Å². The minimum absolute atomic E-state index is 0.0150. The predicted molar refractivity (Wildman–Crippen MR) is 94.4 cm³/mol. The lowest BCUT2D eigenvalue weighted by molar-refractivity contribution is 0.182. The fraction of sp³-hybridized carbons (Fsp3) is 0.462. The van der Waals surface area contributed by atoms with Gasteiger partial charge in [-0.15, -0.1) is 11.3 Å². The van der Waals surface area contributed by atoms with E-state index in [1.165, 1.54) is 0 Å². The van der Waals surface area contributed by atoms with E-state index in [2.05, 4.69) is 55.3 Å². The van der Waals surface area contributed by atoms with Gasteiger partial charge in [-0.2, -0.15) is 5.10 Å². The maximum absolute atomic E-state index is 6.38. The number of hydrogen-bond donors (Lipinski definition) is 1. The second-order valence-electron chi connectivity index (χ2n) is 4.36. The number of rotatable bonds is 7. The van der Waals surface area contributed by atoms with Crippen molar-refractivity contribution in [2.75, 3.05) is 20.3 Å². The summed E-state index contributed by atoms with van der Waals surface area (Å²) in [6.45, 7) is 4.17. The van der Waals surface area contributed by atoms with Crippen molar-refractivity contribution in [3.63, 3.8) is 0 Å². The molecule has 0 aromatic carbocycles. The average Bonchev–Trinajstić information content (AvgIpc) is 2.97. The number of methoxy groups -OCH3 is 1. The van der Waals surface area contributed by atoms with Crippen LogP contribution in [0.2, 0.25) is 5.02 Å². The Morgan fingerprint density at radius 2 is 2.29 bits per heavy atom. The molecule has 0 aliphatic heterocycles. The van der Waals surface area contributed by atoms with E-state index < -0.39 is 0 Å². The Kier molecular flexibility index (Phi) is 6.71. The molecule has 2 aromatic heterocycles. The second-order valence-corrected chi connectivity index (χ2v) is 8.52. The van der Waals surface area contributed by atoms with Crippen LogP contribution < -0.4 is 5.32 Å². The van der Waals surface area contributed by atoms with Gasteiger partial charge in [0, 0.05) is 12.7 Å². The molecular formula is C13H16Br2ClN3OS. The van der Waals surface area contributed by atoms with Gasteiger partial charge in [-0.1, -0.05) is 18.5 Å². The number of thiophene rings is 1. The summed E-state index contributed by atoms with van der Waals surface area (Å²) in [5, 5.41) is 8.50. The predicted octanol–water partition coefficient (Wildman–Crippen LogP) is 4.47. The Hall–Kier alpha value is 0.0800. The lowest BCUT2D eigenvalue weighted by atomic mass is 10.1. The minimum atomic E-state index is -0.0150. The maximum Gasteiger partial charge on any atom is 0.0837 e. The quantitative estimate of drug-likeness (QED) is 0.667. The Labute approximate surface area is 150 Å². The standard InChI is InChI=1S/C13H16Br2ClN3OS/c1-3-17-11(8-6-10(14)21-13(8)15)12-9(16)7-18-19(12)4-5-20-2/h6-7,11,17H,3-5H2,1-2H3. The summed E-state index contributed by atoms with van der Waals surface area (Å²) in [6, 6.07) is 2.09. The zero-order valence-electron chi connectivity index (χ0n) is 11.7. The van der Waals surface area contributed by atoms with Crippen LogP contribution in [0.15, 0.2) is 19.8 Å². The molecule has 0 radical (unpaired) electrons. The lowest BCUT2D eigenvalue weighted by Crippen LogP contribution is -2.25. The van der Waals surface area contributed by atoms with Crippen LogP contribution in [0.1, 0.15) is 24.2 Å². The van der Waals surface area contributed by atoms with Gasteiger partial charge in [-0.3, -0.25) is 4.68 Å². The summed E-state index contributed by atoms with van der Waals surface area (Å²) >= 11 is 15.2. The van der Waals surface area contributed by atoms with E-state index in [-0.39, 0.29) is 6.04 Å². The summed E-state index contributed by atoms with van der Waals surface area (Å²) in [6.07, 6.45) is 1.69. The van der Waals surface area contributed by atoms with Crippen LogP contribution in [-0.2, 0) is 11.3 Å². The van der Waals surface area contributed by atoms with Gasteiger partial charge in [-0.25, -0.2) is 0 Å². The van der Waals surface area contributed by atoms with Crippen molar-refractivity contribution < 1.29 is 4.74 Å². The van der Waals surface area contributed by atoms with Gasteiger partial charge in [0.15, 0.2) is 0 Å². The molecule has 0 aliphatic rings. The SMILES string of the molecule is CCNC(c1cc(Br)sc1Br)c1c(Cl)cnn1CCOC. The Morgan fingerprint density at radius 3 is 2.86 bits per heavy atom. The number of nitrogens with one attached hydrogen (secondary N) is 1. The molecular weight excluding hydrogens is 441 g/mol. The Balaban J connectivity index is 2.43. The number of nitrogens with zero attached hydrogens (tertiary/aromatic N) is 2. The first-order valence-electron chi connectivity index (χ1n) is 6.46. The summed E-state index contributed by atoms with van der Waals surface area (Å²) in [7, 11) is 1.68. The summed E-state index contributed by atoms with van der Waals surface area (Å²) in [5.41, 5.74) is 2.11. The summed E-state index contributed by atoms with van der Waals surface area (Å²) in [5.74, 6) is 0. The molecule has 21 heavy (non-hydrogen) atoms. The largest absolute Gasteiger partial charge is 0.383 e. The van der Waals surface area contributed by atoms with Gasteiger partial charge in [0.05, 0.1) is 43.7 Å². The minimum Gasteiger partial charge on any atom is -0.383 e. The molecule has 116 valence electrons. The molecule has 2 heterocycles. The van der Waals surface area contributed by atoms with Crippen molar-refractivity contribution in [3.8, 4) is 0 Å². The molecule has 0 saturated heterocycles. The maximum atomic E-state index is 6.38. The highest BCUT2D eigenvalue weighted by atomic mass is 79.9. The van der Waals surface area contributed by atoms with E-state index in [1.54, 1.807) is 24.6 Å². The van der Waals surface area contributed by atoms with E-state index in [9.17, 15) is 0 Å². The van der Waals surface area contributed by atoms with Gasteiger partial charge in [0.25, 0.3) is 0 Å². The topological polar surface area (TPSA) is 39.1 Å². The number of ether oxygens (including phenoxy) is 1. The van der Waals surface area contributed by atoms with Crippen LogP contribution in [-0.4, -0.2) is 30.0 Å². The molecule has 4 nitrogen and oxygen atoms in total. The zero-order valence-corrected chi connectivity index (χ0v) is 16.4. The van der Waals surface area contributed by atoms with Gasteiger partial charge >= 0.3 is 0 Å². The third-order valence-corrected chi connectivity index (χ3v) is 5.69. The fourth-order valence-corrected chi connectivity index (χ4v) is 5.28. The zero-order chi connectivity index (χ0) is 15.4. The smallest absolute Gasteiger partial charge is 0.0837 e. The first-order chi connectivity index (χ1) is 10.1. The molecule has 1 atom stereocenters. The van der Waals surface area contributed by atoms with Crippen LogP contribution in [0, 0.1) is 0 Å². The number of hydrogen-bond acceptors (Lipinski definition) is 4. The summed E-state index contributed by atoms with van der Waals surface area (Å²) < 4.78 is 9.20. The van der Waals surface area contributed by atoms with Crippen molar-refractivity contribution in [3.05, 3.63) is 36.1 Å². The lowest BCUT2D eigenvalue weighted by Gasteiger charge is -2.20. The fourth-order valence-electron chi connectivity index (χ4n) is 2.12. The number of aromatic nitrogens is 2. The molecule has 0 fully saturated rings. The van der Waals surface area contributed by atoms with Gasteiger partial charge in [0.1, 0.15) is 0 Å². The first kappa shape index (κ1) is 17.4. The number of halogens is 3. The van der Waals surface area contributed by atoms with E-state index >= 15 is 0 Å². The highest BCUT2D eigenvalue weighted by molar-refractivity contribution is 9.12. The Bertz CT molecular complexity index is 602. The van der Waals surface area contributed by atoms with Crippen molar-refractivity contribution in [1.82, 2.24) is 15.1 Å². The van der Waals surface area contributed by atoms with E-state index in [1.807, 2.05) is 4.68 Å². The van der Waals surface area contributed by atoms with Crippen molar-refractivity contribution in [1.29, 1.82) is 0 Å². The molecule has 1 unspecified atom stereocenters. The van der Waals surface area contributed by atoms with Crippen LogP contribution in [0.25, 0.3) is 0 Å². The van der Waals surface area contributed by atoms with Crippen molar-refractivity contribution in [2.24, 2.45) is 0 Å². The molecule has 0 saturated carbocycles. The van der Waals surface area contributed by atoms with E-state index in [4.69, 9.17) is 16.3 Å². The van der Waals surface area contributed by atoms with Crippen LogP contribution in [0.3, 0.4) is 0 Å². The monoisotopic (exact) mass is 455 g/mol. The summed E-state index contributed by atoms with van der Waals surface area (Å²) in [4.78, 5) is 0. The van der Waals surface area contributed by atoms with Crippen molar-refractivity contribution >= 4 is 54.8 Å². The molecule has 0 aliphatic carbocycles. The van der Waals surface area contributed by atoms with Gasteiger partial charge in [-0.05, 0) is 44.5 Å². The molecule has 1 N–H and O–H groups in total. The van der Waals surface area contributed by atoms with Crippen LogP contribution >= 0.6 is 54.8 Å². The molecule has 2 aromatic rings. The highest BCUT2D eigenvalue weighted by Gasteiger charge is 2.24. The highest BCUT2D eigenvalue weighted by Crippen LogP contribution is 2.39. The van der Waals surface area contributed by atoms with Gasteiger partial charge < -0.3 is 10.1 Å². The van der Waals surface area contributed by atoms with E-state index in [0.717, 1.165) is 25.4 Å². The molecule has 0 spiro atoms. The molecule has 0 bridgehead atoms. The molecule has 0 amide bonds. The molecule has 8 heteroatoms. The van der Waals surface area contributed by atoms with Gasteiger partial charge in [0.2, 0.25) is 0 Å². The van der Waals surface area contributed by atoms with Crippen LogP contribution in [0.5, 0.6) is 0 Å². The third-order valence-electron chi connectivity index (χ3n) is 3.02. The molecule has 2 rings (SSSR count). The van der Waals surface area contributed by atoms with Crippen LogP contribution in [0.4, 0.5) is 0 Å². The Morgan fingerprint density at radius 1 is 1.52 bits per heavy atom. The second kappa shape index (κ2) is 8.08. The first-order valence-corrected chi connectivity index (χ1v) is 9.24. The van der Waals surface area contributed by atoms with E-state index in [0.29, 0.717) is 18.2 Å². The normalized spacial score (nSPS) is 12.8. The third kappa shape index (κ3) is 4.09.